The van der Waals surface area contributed by atoms with Gasteiger partial charge in [-0.15, -0.1) is 0 Å². The lowest BCUT2D eigenvalue weighted by Crippen LogP contribution is -2.26. The molecule has 0 saturated carbocycles. The molecule has 5 heteroatoms. The molecular formula is C12H14N4O. The van der Waals surface area contributed by atoms with Gasteiger partial charge in [0, 0.05) is 18.9 Å². The SMILES string of the molecule is Cc1[nH]ncc1C(=O)N(C)Cc1ccccn1. The average molecular weight is 230 g/mol. The van der Waals surface area contributed by atoms with Gasteiger partial charge < -0.3 is 4.90 Å². The van der Waals surface area contributed by atoms with Gasteiger partial charge in [0.05, 0.1) is 24.0 Å². The number of hydrogen-bond acceptors (Lipinski definition) is 3. The Labute approximate surface area is 99.5 Å². The molecule has 2 aromatic heterocycles. The summed E-state index contributed by atoms with van der Waals surface area (Å²) in [7, 11) is 1.75. The number of amides is 1. The lowest BCUT2D eigenvalue weighted by Gasteiger charge is -2.16. The number of nitrogens with zero attached hydrogens (tertiary/aromatic N) is 3. The Hall–Kier alpha value is -2.17. The molecule has 0 atom stereocenters. The highest BCUT2D eigenvalue weighted by molar-refractivity contribution is 5.94. The minimum Gasteiger partial charge on any atom is -0.336 e. The second-order valence-electron chi connectivity index (χ2n) is 3.89. The van der Waals surface area contributed by atoms with Crippen LogP contribution < -0.4 is 0 Å². The normalized spacial score (nSPS) is 10.2. The summed E-state index contributed by atoms with van der Waals surface area (Å²) in [6.07, 6.45) is 3.27. The van der Waals surface area contributed by atoms with E-state index in [-0.39, 0.29) is 5.91 Å². The number of hydrogen-bond donors (Lipinski definition) is 1. The van der Waals surface area contributed by atoms with Gasteiger partial charge in [-0.2, -0.15) is 5.10 Å². The molecule has 0 aliphatic carbocycles. The lowest BCUT2D eigenvalue weighted by atomic mass is 10.2. The first kappa shape index (κ1) is 11.3. The molecule has 0 radical (unpaired) electrons. The highest BCUT2D eigenvalue weighted by atomic mass is 16.2. The predicted molar refractivity (Wildman–Crippen MR) is 63.4 cm³/mol. The number of carbonyl (C=O) groups excluding carboxylic acids is 1. The number of aromatic amines is 1. The van der Waals surface area contributed by atoms with E-state index in [1.807, 2.05) is 25.1 Å². The van der Waals surface area contributed by atoms with E-state index >= 15 is 0 Å². The largest absolute Gasteiger partial charge is 0.336 e. The first-order valence-electron chi connectivity index (χ1n) is 5.34. The molecule has 1 amide bonds. The molecule has 88 valence electrons. The summed E-state index contributed by atoms with van der Waals surface area (Å²) in [6.45, 7) is 2.32. The fraction of sp³-hybridized carbons (Fsp3) is 0.250. The molecule has 2 rings (SSSR count). The van der Waals surface area contributed by atoms with Crippen LogP contribution in [0.2, 0.25) is 0 Å². The molecule has 0 aromatic carbocycles. The van der Waals surface area contributed by atoms with Crippen LogP contribution in [-0.4, -0.2) is 33.0 Å². The van der Waals surface area contributed by atoms with Gasteiger partial charge in [-0.1, -0.05) is 6.07 Å². The van der Waals surface area contributed by atoms with Gasteiger partial charge in [-0.3, -0.25) is 14.9 Å². The second-order valence-corrected chi connectivity index (χ2v) is 3.89. The summed E-state index contributed by atoms with van der Waals surface area (Å²) in [4.78, 5) is 17.9. The van der Waals surface area contributed by atoms with E-state index in [2.05, 4.69) is 15.2 Å². The van der Waals surface area contributed by atoms with Crippen molar-refractivity contribution in [2.45, 2.75) is 13.5 Å². The van der Waals surface area contributed by atoms with Crippen molar-refractivity contribution in [3.63, 3.8) is 0 Å². The van der Waals surface area contributed by atoms with E-state index in [0.29, 0.717) is 12.1 Å². The molecule has 0 fully saturated rings. The van der Waals surface area contributed by atoms with Crippen LogP contribution in [0.5, 0.6) is 0 Å². The van der Waals surface area contributed by atoms with E-state index in [1.54, 1.807) is 24.3 Å². The van der Waals surface area contributed by atoms with Gasteiger partial charge in [0.25, 0.3) is 5.91 Å². The van der Waals surface area contributed by atoms with Crippen LogP contribution in [0.3, 0.4) is 0 Å². The van der Waals surface area contributed by atoms with Crippen molar-refractivity contribution < 1.29 is 4.79 Å². The van der Waals surface area contributed by atoms with E-state index in [0.717, 1.165) is 11.4 Å². The van der Waals surface area contributed by atoms with Crippen LogP contribution in [0.25, 0.3) is 0 Å². The summed E-state index contributed by atoms with van der Waals surface area (Å²) >= 11 is 0. The van der Waals surface area contributed by atoms with Gasteiger partial charge in [0.15, 0.2) is 0 Å². The average Bonchev–Trinajstić information content (AvgIpc) is 2.76. The number of rotatable bonds is 3. The summed E-state index contributed by atoms with van der Waals surface area (Å²) in [5.41, 5.74) is 2.25. The van der Waals surface area contributed by atoms with Crippen molar-refractivity contribution in [1.29, 1.82) is 0 Å². The second kappa shape index (κ2) is 4.78. The van der Waals surface area contributed by atoms with Gasteiger partial charge >= 0.3 is 0 Å². The molecule has 0 aliphatic heterocycles. The molecule has 0 aliphatic rings. The minimum atomic E-state index is -0.0538. The smallest absolute Gasteiger partial charge is 0.257 e. The van der Waals surface area contributed by atoms with Crippen molar-refractivity contribution in [3.8, 4) is 0 Å². The molecule has 0 bridgehead atoms. The zero-order chi connectivity index (χ0) is 12.3. The van der Waals surface area contributed by atoms with Crippen LogP contribution in [-0.2, 0) is 6.54 Å². The Morgan fingerprint density at radius 2 is 2.29 bits per heavy atom. The third-order valence-corrected chi connectivity index (χ3v) is 2.53. The number of carbonyl (C=O) groups is 1. The Morgan fingerprint density at radius 1 is 1.47 bits per heavy atom. The molecule has 1 N–H and O–H groups in total. The fourth-order valence-electron chi connectivity index (χ4n) is 1.58. The third-order valence-electron chi connectivity index (χ3n) is 2.53. The highest BCUT2D eigenvalue weighted by Gasteiger charge is 2.15. The van der Waals surface area contributed by atoms with E-state index < -0.39 is 0 Å². The fourth-order valence-corrected chi connectivity index (χ4v) is 1.58. The van der Waals surface area contributed by atoms with E-state index in [9.17, 15) is 4.79 Å². The topological polar surface area (TPSA) is 61.9 Å². The van der Waals surface area contributed by atoms with Crippen LogP contribution >= 0.6 is 0 Å². The van der Waals surface area contributed by atoms with Crippen molar-refractivity contribution in [2.75, 3.05) is 7.05 Å². The number of pyridine rings is 1. The Bertz CT molecular complexity index is 506. The van der Waals surface area contributed by atoms with Crippen LogP contribution in [0.4, 0.5) is 0 Å². The van der Waals surface area contributed by atoms with Gasteiger partial charge in [0.2, 0.25) is 0 Å². The molecule has 0 unspecified atom stereocenters. The third kappa shape index (κ3) is 2.50. The van der Waals surface area contributed by atoms with Gasteiger partial charge in [-0.05, 0) is 19.1 Å². The minimum absolute atomic E-state index is 0.0538. The Balaban J connectivity index is 2.09. The standard InChI is InChI=1S/C12H14N4O/c1-9-11(7-14-15-9)12(17)16(2)8-10-5-3-4-6-13-10/h3-7H,8H2,1-2H3,(H,14,15). The predicted octanol–water partition coefficient (Wildman–Crippen LogP) is 1.39. The Kier molecular flexibility index (Phi) is 3.18. The lowest BCUT2D eigenvalue weighted by molar-refractivity contribution is 0.0783. The van der Waals surface area contributed by atoms with Crippen LogP contribution in [0.1, 0.15) is 21.7 Å². The summed E-state index contributed by atoms with van der Waals surface area (Å²) in [6, 6.07) is 5.65. The van der Waals surface area contributed by atoms with E-state index in [4.69, 9.17) is 0 Å². The number of aryl methyl sites for hydroxylation is 1. The van der Waals surface area contributed by atoms with Crippen LogP contribution in [0, 0.1) is 6.92 Å². The molecule has 2 aromatic rings. The highest BCUT2D eigenvalue weighted by Crippen LogP contribution is 2.08. The molecular weight excluding hydrogens is 216 g/mol. The zero-order valence-electron chi connectivity index (χ0n) is 9.84. The maximum atomic E-state index is 12.1. The maximum Gasteiger partial charge on any atom is 0.257 e. The molecule has 17 heavy (non-hydrogen) atoms. The number of nitrogens with one attached hydrogen (secondary N) is 1. The molecule has 0 spiro atoms. The number of aromatic nitrogens is 3. The van der Waals surface area contributed by atoms with Crippen LogP contribution in [0.15, 0.2) is 30.6 Å². The molecule has 2 heterocycles. The van der Waals surface area contributed by atoms with Gasteiger partial charge in [-0.25, -0.2) is 0 Å². The van der Waals surface area contributed by atoms with Crippen molar-refractivity contribution in [2.24, 2.45) is 0 Å². The monoisotopic (exact) mass is 230 g/mol. The quantitative estimate of drug-likeness (QED) is 0.866. The summed E-state index contributed by atoms with van der Waals surface area (Å²) in [5.74, 6) is -0.0538. The first-order valence-corrected chi connectivity index (χ1v) is 5.34. The summed E-state index contributed by atoms with van der Waals surface area (Å²) in [5, 5.41) is 6.60. The van der Waals surface area contributed by atoms with Crippen molar-refractivity contribution in [3.05, 3.63) is 47.5 Å². The van der Waals surface area contributed by atoms with Crippen molar-refractivity contribution >= 4 is 5.91 Å². The first-order chi connectivity index (χ1) is 8.18. The number of H-pyrrole nitrogens is 1. The van der Waals surface area contributed by atoms with Crippen molar-refractivity contribution in [1.82, 2.24) is 20.1 Å². The maximum absolute atomic E-state index is 12.1. The van der Waals surface area contributed by atoms with Gasteiger partial charge in [0.1, 0.15) is 0 Å². The molecule has 5 nitrogen and oxygen atoms in total. The summed E-state index contributed by atoms with van der Waals surface area (Å²) < 4.78 is 0. The molecule has 0 saturated heterocycles. The Morgan fingerprint density at radius 3 is 2.88 bits per heavy atom. The van der Waals surface area contributed by atoms with E-state index in [1.165, 1.54) is 0 Å². The zero-order valence-corrected chi connectivity index (χ0v) is 9.84.